The second-order valence-corrected chi connectivity index (χ2v) is 7.83. The minimum absolute atomic E-state index is 0.00448. The molecule has 1 aliphatic rings. The first-order chi connectivity index (χ1) is 12.9. The first kappa shape index (κ1) is 19.1. The number of nitrogens with zero attached hydrogens (tertiary/aromatic N) is 1. The average molecular weight is 396 g/mol. The van der Waals surface area contributed by atoms with Gasteiger partial charge in [-0.1, -0.05) is 12.1 Å². The van der Waals surface area contributed by atoms with Crippen LogP contribution in [0.2, 0.25) is 0 Å². The molecule has 2 aromatic carbocycles. The molecule has 1 amide bonds. The number of benzene rings is 2. The van der Waals surface area contributed by atoms with Gasteiger partial charge in [0.2, 0.25) is 9.84 Å². The summed E-state index contributed by atoms with van der Waals surface area (Å²) in [4.78, 5) is 13.3. The van der Waals surface area contributed by atoms with Crippen molar-refractivity contribution in [2.24, 2.45) is 0 Å². The molecule has 3 rings (SSSR count). The van der Waals surface area contributed by atoms with Crippen LogP contribution in [0.25, 0.3) is 0 Å². The molecule has 1 N–H and O–H groups in total. The van der Waals surface area contributed by atoms with Crippen LogP contribution in [-0.2, 0) is 14.6 Å². The number of halogens is 2. The molecular weight excluding hydrogens is 378 g/mol. The van der Waals surface area contributed by atoms with E-state index >= 15 is 0 Å². The molecule has 9 heteroatoms. The number of sulfone groups is 1. The summed E-state index contributed by atoms with van der Waals surface area (Å²) in [6.07, 6.45) is 0.636. The molecule has 0 unspecified atom stereocenters. The maximum atomic E-state index is 12.5. The van der Waals surface area contributed by atoms with Crippen LogP contribution in [0.1, 0.15) is 6.42 Å². The zero-order valence-corrected chi connectivity index (χ0v) is 15.1. The summed E-state index contributed by atoms with van der Waals surface area (Å²) < 4.78 is 53.2. The van der Waals surface area contributed by atoms with Crippen molar-refractivity contribution in [3.8, 4) is 5.75 Å². The van der Waals surface area contributed by atoms with Gasteiger partial charge in [-0.2, -0.15) is 8.78 Å². The van der Waals surface area contributed by atoms with E-state index in [0.717, 1.165) is 17.8 Å². The second-order valence-electron chi connectivity index (χ2n) is 5.91. The van der Waals surface area contributed by atoms with Gasteiger partial charge in [0.15, 0.2) is 6.61 Å². The van der Waals surface area contributed by atoms with Crippen LogP contribution in [0.5, 0.6) is 5.75 Å². The number of hydrogen-bond donors (Lipinski definition) is 1. The lowest BCUT2D eigenvalue weighted by Crippen LogP contribution is -2.39. The lowest BCUT2D eigenvalue weighted by atomic mass is 10.2. The van der Waals surface area contributed by atoms with E-state index in [9.17, 15) is 22.0 Å². The third-order valence-electron chi connectivity index (χ3n) is 4.11. The fourth-order valence-electron chi connectivity index (χ4n) is 2.73. The molecule has 0 saturated carbocycles. The molecule has 0 aromatic heterocycles. The van der Waals surface area contributed by atoms with Crippen LogP contribution >= 0.6 is 0 Å². The Kier molecular flexibility index (Phi) is 5.59. The zero-order chi connectivity index (χ0) is 19.4. The third-order valence-corrected chi connectivity index (χ3v) is 5.51. The van der Waals surface area contributed by atoms with Gasteiger partial charge >= 0.3 is 5.76 Å². The smallest absolute Gasteiger partial charge is 0.341 e. The number of nitrogens with one attached hydrogen (secondary N) is 1. The number of ether oxygens (including phenoxy) is 1. The fraction of sp³-hybridized carbons (Fsp3) is 0.278. The summed E-state index contributed by atoms with van der Waals surface area (Å²) in [5.41, 5.74) is 1.34. The Hall–Kier alpha value is -2.68. The molecule has 2 aromatic rings. The Bertz CT molecular complexity index is 917. The van der Waals surface area contributed by atoms with Crippen molar-refractivity contribution >= 4 is 27.1 Å². The molecule has 0 fully saturated rings. The highest BCUT2D eigenvalue weighted by Crippen LogP contribution is 2.31. The monoisotopic (exact) mass is 396 g/mol. The summed E-state index contributed by atoms with van der Waals surface area (Å²) in [5, 5.41) is 3.08. The number of fused-ring (bicyclic) bond motifs is 1. The third kappa shape index (κ3) is 4.19. The molecule has 0 bridgehead atoms. The van der Waals surface area contributed by atoms with Gasteiger partial charge in [-0.3, -0.25) is 4.79 Å². The maximum Gasteiger partial charge on any atom is 0.341 e. The largest absolute Gasteiger partial charge is 0.482 e. The number of rotatable bonds is 7. The zero-order valence-electron chi connectivity index (χ0n) is 14.3. The van der Waals surface area contributed by atoms with Gasteiger partial charge in [0, 0.05) is 18.8 Å². The molecule has 6 nitrogen and oxygen atoms in total. The number of para-hydroxylation sites is 2. The lowest BCUT2D eigenvalue weighted by molar-refractivity contribution is -0.121. The van der Waals surface area contributed by atoms with E-state index in [4.69, 9.17) is 4.74 Å². The topological polar surface area (TPSA) is 75.7 Å². The standard InChI is InChI=1S/C18H18F2N2O4S/c19-18(20)27(24,25)14-8-6-13(7-9-14)21-10-3-11-22-15-4-1-2-5-16(15)26-12-17(22)23/h1-2,4-9,18,21H,3,10-12H2. The van der Waals surface area contributed by atoms with Crippen molar-refractivity contribution in [2.45, 2.75) is 17.1 Å². The molecular formula is C18H18F2N2O4S. The Morgan fingerprint density at radius 2 is 1.81 bits per heavy atom. The average Bonchev–Trinajstić information content (AvgIpc) is 2.67. The van der Waals surface area contributed by atoms with Gasteiger partial charge < -0.3 is 15.0 Å². The molecule has 27 heavy (non-hydrogen) atoms. The van der Waals surface area contributed by atoms with Crippen LogP contribution < -0.4 is 15.0 Å². The normalized spacial score (nSPS) is 14.0. The van der Waals surface area contributed by atoms with Gasteiger partial charge in [-0.15, -0.1) is 0 Å². The summed E-state index contributed by atoms with van der Waals surface area (Å²) in [7, 11) is -4.58. The molecule has 1 aliphatic heterocycles. The van der Waals surface area contributed by atoms with Gasteiger partial charge in [0.25, 0.3) is 5.91 Å². The molecule has 0 saturated heterocycles. The van der Waals surface area contributed by atoms with Crippen LogP contribution in [-0.4, -0.2) is 39.8 Å². The predicted molar refractivity (Wildman–Crippen MR) is 97.0 cm³/mol. The van der Waals surface area contributed by atoms with Crippen molar-refractivity contribution in [1.29, 1.82) is 0 Å². The van der Waals surface area contributed by atoms with Crippen LogP contribution in [0.3, 0.4) is 0 Å². The molecule has 144 valence electrons. The van der Waals surface area contributed by atoms with E-state index in [1.807, 2.05) is 24.3 Å². The number of alkyl halides is 2. The molecule has 0 spiro atoms. The number of hydrogen-bond acceptors (Lipinski definition) is 5. The molecule has 0 aliphatic carbocycles. The predicted octanol–water partition coefficient (Wildman–Crippen LogP) is 2.91. The van der Waals surface area contributed by atoms with Crippen molar-refractivity contribution in [1.82, 2.24) is 0 Å². The van der Waals surface area contributed by atoms with E-state index in [-0.39, 0.29) is 12.5 Å². The number of carbonyl (C=O) groups is 1. The van der Waals surface area contributed by atoms with E-state index < -0.39 is 20.5 Å². The summed E-state index contributed by atoms with van der Waals surface area (Å²) in [6, 6.07) is 12.5. The number of anilines is 2. The highest BCUT2D eigenvalue weighted by Gasteiger charge is 2.26. The SMILES string of the molecule is O=C1COc2ccccc2N1CCCNc1ccc(S(=O)(=O)C(F)F)cc1. The summed E-state index contributed by atoms with van der Waals surface area (Å²) in [6.45, 7) is 1.02. The van der Waals surface area contributed by atoms with Crippen molar-refractivity contribution in [3.63, 3.8) is 0 Å². The first-order valence-electron chi connectivity index (χ1n) is 8.28. The van der Waals surface area contributed by atoms with Crippen molar-refractivity contribution in [2.75, 3.05) is 29.9 Å². The Morgan fingerprint density at radius 1 is 1.11 bits per heavy atom. The number of amides is 1. The van der Waals surface area contributed by atoms with Crippen LogP contribution in [0.15, 0.2) is 53.4 Å². The summed E-state index contributed by atoms with van der Waals surface area (Å²) in [5.74, 6) is -2.89. The van der Waals surface area contributed by atoms with Crippen molar-refractivity contribution < 1.29 is 26.7 Å². The fourth-order valence-corrected chi connectivity index (χ4v) is 3.46. The van der Waals surface area contributed by atoms with Gasteiger partial charge in [-0.05, 0) is 42.8 Å². The quantitative estimate of drug-likeness (QED) is 0.729. The van der Waals surface area contributed by atoms with Crippen molar-refractivity contribution in [3.05, 3.63) is 48.5 Å². The minimum atomic E-state index is -4.58. The number of carbonyl (C=O) groups excluding carboxylic acids is 1. The molecule has 0 radical (unpaired) electrons. The lowest BCUT2D eigenvalue weighted by Gasteiger charge is -2.29. The Morgan fingerprint density at radius 3 is 2.52 bits per heavy atom. The van der Waals surface area contributed by atoms with E-state index in [1.165, 1.54) is 12.1 Å². The molecule has 0 atom stereocenters. The minimum Gasteiger partial charge on any atom is -0.482 e. The van der Waals surface area contributed by atoms with E-state index in [2.05, 4.69) is 5.32 Å². The Labute approximate surface area is 155 Å². The van der Waals surface area contributed by atoms with Gasteiger partial charge in [0.05, 0.1) is 10.6 Å². The van der Waals surface area contributed by atoms with E-state index in [0.29, 0.717) is 30.9 Å². The first-order valence-corrected chi connectivity index (χ1v) is 9.82. The molecule has 1 heterocycles. The van der Waals surface area contributed by atoms with Crippen LogP contribution in [0, 0.1) is 0 Å². The summed E-state index contributed by atoms with van der Waals surface area (Å²) >= 11 is 0. The second kappa shape index (κ2) is 7.91. The highest BCUT2D eigenvalue weighted by molar-refractivity contribution is 7.91. The van der Waals surface area contributed by atoms with E-state index in [1.54, 1.807) is 4.90 Å². The van der Waals surface area contributed by atoms with Gasteiger partial charge in [-0.25, -0.2) is 8.42 Å². The highest BCUT2D eigenvalue weighted by atomic mass is 32.2. The van der Waals surface area contributed by atoms with Gasteiger partial charge in [0.1, 0.15) is 5.75 Å². The maximum absolute atomic E-state index is 12.5. The van der Waals surface area contributed by atoms with Crippen LogP contribution in [0.4, 0.5) is 20.2 Å². The Balaban J connectivity index is 1.54.